The monoisotopic (exact) mass is 227 g/mol. The molecule has 0 aliphatic carbocycles. The van der Waals surface area contributed by atoms with Crippen molar-refractivity contribution in [3.63, 3.8) is 0 Å². The molecule has 0 heterocycles. The zero-order valence-corrected chi connectivity index (χ0v) is 8.70. The van der Waals surface area contributed by atoms with Gasteiger partial charge in [-0.3, -0.25) is 4.79 Å². The SMILES string of the molecule is O=Nc1ccc(CCCC(=O)O)c(Cl)c1. The molecular weight excluding hydrogens is 218 g/mol. The average Bonchev–Trinajstić information content (AvgIpc) is 2.20. The van der Waals surface area contributed by atoms with E-state index in [2.05, 4.69) is 5.18 Å². The van der Waals surface area contributed by atoms with Crippen LogP contribution in [0.2, 0.25) is 5.02 Å². The van der Waals surface area contributed by atoms with E-state index >= 15 is 0 Å². The van der Waals surface area contributed by atoms with Crippen LogP contribution >= 0.6 is 11.6 Å². The Hall–Kier alpha value is -1.42. The van der Waals surface area contributed by atoms with Crippen LogP contribution in [0.15, 0.2) is 23.4 Å². The molecule has 15 heavy (non-hydrogen) atoms. The summed E-state index contributed by atoms with van der Waals surface area (Å²) >= 11 is 5.88. The highest BCUT2D eigenvalue weighted by Crippen LogP contribution is 2.23. The standard InChI is InChI=1S/C10H10ClNO3/c11-9-6-8(12-15)5-4-7(9)2-1-3-10(13)14/h4-6H,1-3H2,(H,13,14). The van der Waals surface area contributed by atoms with Gasteiger partial charge >= 0.3 is 5.97 Å². The second-order valence-corrected chi connectivity index (χ2v) is 3.52. The van der Waals surface area contributed by atoms with E-state index in [0.717, 1.165) is 5.56 Å². The zero-order valence-electron chi connectivity index (χ0n) is 7.94. The molecule has 1 aromatic rings. The fraction of sp³-hybridized carbons (Fsp3) is 0.300. The van der Waals surface area contributed by atoms with Crippen molar-refractivity contribution in [2.75, 3.05) is 0 Å². The first kappa shape index (κ1) is 11.7. The molecule has 1 aromatic carbocycles. The molecule has 0 radical (unpaired) electrons. The Morgan fingerprint density at radius 1 is 1.47 bits per heavy atom. The van der Waals surface area contributed by atoms with Crippen molar-refractivity contribution < 1.29 is 9.90 Å². The summed E-state index contributed by atoms with van der Waals surface area (Å²) in [6, 6.07) is 4.74. The second-order valence-electron chi connectivity index (χ2n) is 3.11. The van der Waals surface area contributed by atoms with E-state index in [-0.39, 0.29) is 12.1 Å². The molecule has 4 nitrogen and oxygen atoms in total. The molecule has 0 bridgehead atoms. The largest absolute Gasteiger partial charge is 0.481 e. The van der Waals surface area contributed by atoms with Crippen molar-refractivity contribution in [1.82, 2.24) is 0 Å². The van der Waals surface area contributed by atoms with E-state index in [4.69, 9.17) is 16.7 Å². The topological polar surface area (TPSA) is 66.7 Å². The van der Waals surface area contributed by atoms with Gasteiger partial charge in [0.1, 0.15) is 5.69 Å². The summed E-state index contributed by atoms with van der Waals surface area (Å²) in [4.78, 5) is 20.5. The van der Waals surface area contributed by atoms with E-state index in [1.807, 2.05) is 0 Å². The zero-order chi connectivity index (χ0) is 11.3. The molecule has 0 saturated carbocycles. The fourth-order valence-electron chi connectivity index (χ4n) is 1.23. The van der Waals surface area contributed by atoms with E-state index in [1.165, 1.54) is 6.07 Å². The van der Waals surface area contributed by atoms with Crippen molar-refractivity contribution in [2.45, 2.75) is 19.3 Å². The summed E-state index contributed by atoms with van der Waals surface area (Å²) in [5.74, 6) is -0.822. The molecule has 0 spiro atoms. The predicted molar refractivity (Wildman–Crippen MR) is 57.5 cm³/mol. The van der Waals surface area contributed by atoms with Crippen LogP contribution in [-0.2, 0) is 11.2 Å². The van der Waals surface area contributed by atoms with Crippen LogP contribution in [0.5, 0.6) is 0 Å². The molecule has 0 aliphatic heterocycles. The number of carboxylic acid groups (broad SMARTS) is 1. The van der Waals surface area contributed by atoms with Crippen molar-refractivity contribution in [3.05, 3.63) is 33.7 Å². The molecule has 0 unspecified atom stereocenters. The van der Waals surface area contributed by atoms with Gasteiger partial charge in [-0.2, -0.15) is 0 Å². The number of hydrogen-bond acceptors (Lipinski definition) is 3. The van der Waals surface area contributed by atoms with Crippen LogP contribution in [-0.4, -0.2) is 11.1 Å². The van der Waals surface area contributed by atoms with Gasteiger partial charge in [0.25, 0.3) is 0 Å². The summed E-state index contributed by atoms with van der Waals surface area (Å²) in [6.45, 7) is 0. The molecule has 1 N–H and O–H groups in total. The van der Waals surface area contributed by atoms with Gasteiger partial charge < -0.3 is 5.11 Å². The number of aliphatic carboxylic acids is 1. The molecular formula is C10H10ClNO3. The van der Waals surface area contributed by atoms with Crippen LogP contribution < -0.4 is 0 Å². The highest BCUT2D eigenvalue weighted by Gasteiger charge is 2.03. The molecule has 80 valence electrons. The van der Waals surface area contributed by atoms with Gasteiger partial charge in [-0.15, -0.1) is 4.91 Å². The number of aryl methyl sites for hydroxylation is 1. The first-order valence-corrected chi connectivity index (χ1v) is 4.85. The van der Waals surface area contributed by atoms with Crippen LogP contribution in [0.25, 0.3) is 0 Å². The summed E-state index contributed by atoms with van der Waals surface area (Å²) in [7, 11) is 0. The number of hydrogen-bond donors (Lipinski definition) is 1. The van der Waals surface area contributed by atoms with E-state index in [1.54, 1.807) is 12.1 Å². The van der Waals surface area contributed by atoms with E-state index in [0.29, 0.717) is 17.9 Å². The van der Waals surface area contributed by atoms with Gasteiger partial charge in [0.05, 0.1) is 0 Å². The van der Waals surface area contributed by atoms with Crippen molar-refractivity contribution in [1.29, 1.82) is 0 Å². The molecule has 0 aliphatic rings. The normalized spacial score (nSPS) is 9.93. The van der Waals surface area contributed by atoms with Crippen LogP contribution in [0.4, 0.5) is 5.69 Å². The summed E-state index contributed by atoms with van der Waals surface area (Å²) in [5, 5.41) is 11.7. The summed E-state index contributed by atoms with van der Waals surface area (Å²) in [6.07, 6.45) is 1.23. The van der Waals surface area contributed by atoms with E-state index in [9.17, 15) is 9.70 Å². The molecule has 0 aromatic heterocycles. The molecule has 0 saturated heterocycles. The summed E-state index contributed by atoms with van der Waals surface area (Å²) < 4.78 is 0. The van der Waals surface area contributed by atoms with Gasteiger partial charge in [-0.05, 0) is 35.7 Å². The third kappa shape index (κ3) is 3.67. The number of halogens is 1. The lowest BCUT2D eigenvalue weighted by atomic mass is 10.1. The van der Waals surface area contributed by atoms with Crippen LogP contribution in [0.1, 0.15) is 18.4 Å². The van der Waals surface area contributed by atoms with Crippen LogP contribution in [0.3, 0.4) is 0 Å². The molecule has 0 amide bonds. The molecule has 0 atom stereocenters. The minimum atomic E-state index is -0.822. The quantitative estimate of drug-likeness (QED) is 0.786. The van der Waals surface area contributed by atoms with Gasteiger partial charge in [0.15, 0.2) is 0 Å². The summed E-state index contributed by atoms with van der Waals surface area (Å²) in [5.41, 5.74) is 1.12. The maximum atomic E-state index is 10.3. The number of nitroso groups, excluding NO2 is 1. The maximum absolute atomic E-state index is 10.3. The fourth-order valence-corrected chi connectivity index (χ4v) is 1.50. The Bertz CT molecular complexity index is 379. The van der Waals surface area contributed by atoms with Crippen molar-refractivity contribution in [3.8, 4) is 0 Å². The lowest BCUT2D eigenvalue weighted by Crippen LogP contribution is -1.96. The Kier molecular flexibility index (Phi) is 4.24. The molecule has 1 rings (SSSR count). The Morgan fingerprint density at radius 2 is 2.20 bits per heavy atom. The minimum absolute atomic E-state index is 0.115. The lowest BCUT2D eigenvalue weighted by Gasteiger charge is -2.02. The van der Waals surface area contributed by atoms with Crippen molar-refractivity contribution >= 4 is 23.3 Å². The third-order valence-corrected chi connectivity index (χ3v) is 2.33. The van der Waals surface area contributed by atoms with Crippen molar-refractivity contribution in [2.24, 2.45) is 5.18 Å². The maximum Gasteiger partial charge on any atom is 0.303 e. The average molecular weight is 228 g/mol. The molecule has 0 fully saturated rings. The first-order chi connectivity index (χ1) is 7.13. The lowest BCUT2D eigenvalue weighted by molar-refractivity contribution is -0.137. The van der Waals surface area contributed by atoms with Gasteiger partial charge in [-0.1, -0.05) is 17.7 Å². The number of carboxylic acids is 1. The Balaban J connectivity index is 2.62. The second kappa shape index (κ2) is 5.46. The Labute approximate surface area is 91.8 Å². The third-order valence-electron chi connectivity index (χ3n) is 1.98. The Morgan fingerprint density at radius 3 is 2.73 bits per heavy atom. The van der Waals surface area contributed by atoms with Gasteiger partial charge in [0.2, 0.25) is 0 Å². The molecule has 5 heteroatoms. The van der Waals surface area contributed by atoms with Gasteiger partial charge in [-0.25, -0.2) is 0 Å². The first-order valence-electron chi connectivity index (χ1n) is 4.47. The van der Waals surface area contributed by atoms with Crippen LogP contribution in [0, 0.1) is 4.91 Å². The number of benzene rings is 1. The van der Waals surface area contributed by atoms with Gasteiger partial charge in [0, 0.05) is 11.4 Å². The number of carbonyl (C=O) groups is 1. The minimum Gasteiger partial charge on any atom is -0.481 e. The number of nitrogens with zero attached hydrogens (tertiary/aromatic N) is 1. The smallest absolute Gasteiger partial charge is 0.303 e. The number of rotatable bonds is 5. The highest BCUT2D eigenvalue weighted by molar-refractivity contribution is 6.31. The highest BCUT2D eigenvalue weighted by atomic mass is 35.5. The van der Waals surface area contributed by atoms with E-state index < -0.39 is 5.97 Å². The predicted octanol–water partition coefficient (Wildman–Crippen LogP) is 3.15.